The second kappa shape index (κ2) is 11.4. The first-order valence-corrected chi connectivity index (χ1v) is 15.8. The predicted octanol–water partition coefficient (Wildman–Crippen LogP) is 3.82. The zero-order chi connectivity index (χ0) is 29.1. The average Bonchev–Trinajstić information content (AvgIpc) is 3.13. The van der Waals surface area contributed by atoms with Crippen molar-refractivity contribution in [2.45, 2.75) is 123 Å². The molecule has 0 radical (unpaired) electrons. The fourth-order valence-corrected chi connectivity index (χ4v) is 9.56. The van der Waals surface area contributed by atoms with Crippen LogP contribution in [0.1, 0.15) is 80.1 Å². The highest BCUT2D eigenvalue weighted by atomic mass is 16.7. The minimum Gasteiger partial charge on any atom is -0.393 e. The first kappa shape index (κ1) is 30.7. The molecule has 1 aliphatic heterocycles. The number of hydrogen-bond donors (Lipinski definition) is 5. The molecule has 3 saturated carbocycles. The Morgan fingerprint density at radius 2 is 1.68 bits per heavy atom. The smallest absolute Gasteiger partial charge is 0.186 e. The largest absolute Gasteiger partial charge is 0.393 e. The molecule has 4 aliphatic carbocycles. The molecule has 0 aromatic heterocycles. The van der Waals surface area contributed by atoms with Gasteiger partial charge in [0.1, 0.15) is 18.3 Å². The molecule has 40 heavy (non-hydrogen) atoms. The number of aliphatic hydroxyl groups excluding tert-OH is 5. The number of allylic oxidation sites excluding steroid dienone is 3. The van der Waals surface area contributed by atoms with Crippen LogP contribution in [0.25, 0.3) is 0 Å². The number of fused-ring (bicyclic) bond motifs is 5. The fourth-order valence-electron chi connectivity index (χ4n) is 9.56. The van der Waals surface area contributed by atoms with Gasteiger partial charge >= 0.3 is 0 Å². The van der Waals surface area contributed by atoms with Gasteiger partial charge in [0.25, 0.3) is 0 Å². The topological polar surface area (TPSA) is 120 Å². The van der Waals surface area contributed by atoms with Crippen molar-refractivity contribution in [1.82, 2.24) is 0 Å². The molecule has 1 heterocycles. The molecular formula is C33H54O7. The van der Waals surface area contributed by atoms with E-state index in [0.29, 0.717) is 23.7 Å². The van der Waals surface area contributed by atoms with Crippen molar-refractivity contribution in [2.75, 3.05) is 6.61 Å². The molecule has 1 saturated heterocycles. The fraction of sp³-hybridized carbons (Fsp3) is 0.879. The third-order valence-corrected chi connectivity index (χ3v) is 12.3. The van der Waals surface area contributed by atoms with Gasteiger partial charge in [-0.1, -0.05) is 65.3 Å². The van der Waals surface area contributed by atoms with Crippen LogP contribution in [0.3, 0.4) is 0 Å². The Labute approximate surface area is 240 Å². The molecule has 228 valence electrons. The lowest BCUT2D eigenvalue weighted by Crippen LogP contribution is -2.57. The first-order chi connectivity index (χ1) is 18.8. The second-order valence-electron chi connectivity index (χ2n) is 14.8. The van der Waals surface area contributed by atoms with Gasteiger partial charge in [-0.3, -0.25) is 0 Å². The summed E-state index contributed by atoms with van der Waals surface area (Å²) in [5.74, 6) is 1.87. The van der Waals surface area contributed by atoms with Crippen LogP contribution >= 0.6 is 0 Å². The monoisotopic (exact) mass is 562 g/mol. The highest BCUT2D eigenvalue weighted by Crippen LogP contribution is 2.67. The maximum absolute atomic E-state index is 12.1. The Balaban J connectivity index is 1.50. The van der Waals surface area contributed by atoms with Gasteiger partial charge in [0, 0.05) is 0 Å². The lowest BCUT2D eigenvalue weighted by Gasteiger charge is -2.58. The quantitative estimate of drug-likeness (QED) is 0.312. The molecule has 0 amide bonds. The predicted molar refractivity (Wildman–Crippen MR) is 153 cm³/mol. The number of hydrogen-bond acceptors (Lipinski definition) is 7. The molecule has 4 fully saturated rings. The summed E-state index contributed by atoms with van der Waals surface area (Å²) in [4.78, 5) is 0. The van der Waals surface area contributed by atoms with Crippen LogP contribution in [-0.4, -0.2) is 75.1 Å². The van der Waals surface area contributed by atoms with E-state index in [2.05, 4.69) is 59.8 Å². The van der Waals surface area contributed by atoms with Crippen molar-refractivity contribution in [3.05, 3.63) is 23.8 Å². The molecule has 7 nitrogen and oxygen atoms in total. The van der Waals surface area contributed by atoms with E-state index in [-0.39, 0.29) is 41.3 Å². The Hall–Kier alpha value is -0.800. The molecule has 7 heteroatoms. The first-order valence-electron chi connectivity index (χ1n) is 15.8. The van der Waals surface area contributed by atoms with Crippen molar-refractivity contribution < 1.29 is 35.0 Å². The minimum absolute atomic E-state index is 0.0262. The van der Waals surface area contributed by atoms with Crippen molar-refractivity contribution in [3.63, 3.8) is 0 Å². The van der Waals surface area contributed by atoms with Gasteiger partial charge in [-0.05, 0) is 90.8 Å². The van der Waals surface area contributed by atoms with E-state index in [0.717, 1.165) is 38.5 Å². The van der Waals surface area contributed by atoms with Gasteiger partial charge in [0.15, 0.2) is 6.29 Å². The average molecular weight is 563 g/mol. The molecule has 15 atom stereocenters. The molecule has 0 aromatic carbocycles. The molecule has 5 rings (SSSR count). The van der Waals surface area contributed by atoms with Crippen LogP contribution in [0.2, 0.25) is 0 Å². The number of rotatable bonds is 6. The van der Waals surface area contributed by atoms with Crippen LogP contribution < -0.4 is 0 Å². The Kier molecular flexibility index (Phi) is 8.71. The Bertz CT molecular complexity index is 964. The lowest BCUT2D eigenvalue weighted by molar-refractivity contribution is -0.296. The van der Waals surface area contributed by atoms with Crippen LogP contribution in [0.5, 0.6) is 0 Å². The van der Waals surface area contributed by atoms with Gasteiger partial charge < -0.3 is 35.0 Å². The summed E-state index contributed by atoms with van der Waals surface area (Å²) in [6.45, 7) is 13.5. The van der Waals surface area contributed by atoms with E-state index in [1.165, 1.54) is 5.57 Å². The zero-order valence-corrected chi connectivity index (χ0v) is 25.3. The van der Waals surface area contributed by atoms with Crippen molar-refractivity contribution >= 4 is 0 Å². The van der Waals surface area contributed by atoms with E-state index in [9.17, 15) is 25.5 Å². The van der Waals surface area contributed by atoms with Crippen molar-refractivity contribution in [1.29, 1.82) is 0 Å². The molecule has 5 aliphatic rings. The van der Waals surface area contributed by atoms with Gasteiger partial charge in [0.2, 0.25) is 0 Å². The van der Waals surface area contributed by atoms with Gasteiger partial charge in [-0.2, -0.15) is 0 Å². The number of ether oxygens (including phenoxy) is 2. The van der Waals surface area contributed by atoms with Crippen LogP contribution in [-0.2, 0) is 9.47 Å². The molecule has 0 aromatic rings. The van der Waals surface area contributed by atoms with Gasteiger partial charge in [0.05, 0.1) is 24.9 Å². The van der Waals surface area contributed by atoms with E-state index in [1.54, 1.807) is 0 Å². The third kappa shape index (κ3) is 5.06. The van der Waals surface area contributed by atoms with E-state index >= 15 is 0 Å². The molecule has 0 spiro atoms. The summed E-state index contributed by atoms with van der Waals surface area (Å²) in [5, 5.41) is 53.6. The summed E-state index contributed by atoms with van der Waals surface area (Å²) in [6, 6.07) is 0. The lowest BCUT2D eigenvalue weighted by atomic mass is 9.46. The summed E-state index contributed by atoms with van der Waals surface area (Å²) in [7, 11) is 0. The van der Waals surface area contributed by atoms with Gasteiger partial charge in [-0.15, -0.1) is 0 Å². The van der Waals surface area contributed by atoms with E-state index < -0.39 is 36.8 Å². The Morgan fingerprint density at radius 3 is 2.38 bits per heavy atom. The zero-order valence-electron chi connectivity index (χ0n) is 25.3. The summed E-state index contributed by atoms with van der Waals surface area (Å²) in [5.41, 5.74) is 1.26. The van der Waals surface area contributed by atoms with Crippen molar-refractivity contribution in [3.8, 4) is 0 Å². The van der Waals surface area contributed by atoms with Crippen LogP contribution in [0.15, 0.2) is 23.8 Å². The van der Waals surface area contributed by atoms with Crippen LogP contribution in [0, 0.1) is 52.3 Å². The maximum atomic E-state index is 12.1. The number of aliphatic hydroxyl groups is 5. The summed E-state index contributed by atoms with van der Waals surface area (Å²) >= 11 is 0. The SMILES string of the molecule is CC(C)[C@@H](C)/C=C/[C@@H](C)[C@H]1[C@@H](O)[C@@H](O[C@@H]2OC[C@@H](O)[C@H](O)[C@H]2O)[C@H]2[C@@H]3CC=C4C[C@@H](O)CC[C@]4(C)[C@H]3CC[C@@]21C. The second-order valence-corrected chi connectivity index (χ2v) is 14.8. The van der Waals surface area contributed by atoms with Crippen molar-refractivity contribution in [2.24, 2.45) is 52.3 Å². The standard InChI is InChI=1S/C33H54O7/c1-17(2)18(3)7-8-19(4)25-28(37)30(40-31-29(38)27(36)24(35)16-39-31)26-22-10-9-20-15-21(34)11-13-32(20,5)23(22)12-14-33(25,26)6/h7-9,17-19,21-31,34-38H,10-16H2,1-6H3/b8-7+/t18-,19+,21-,22+,23-,24+,25-,26+,27-,28+,29+,30-,31-,32-,33+/m0/s1. The highest BCUT2D eigenvalue weighted by Gasteiger charge is 2.66. The van der Waals surface area contributed by atoms with Gasteiger partial charge in [-0.25, -0.2) is 0 Å². The Morgan fingerprint density at radius 1 is 0.950 bits per heavy atom. The van der Waals surface area contributed by atoms with Crippen LogP contribution in [0.4, 0.5) is 0 Å². The minimum atomic E-state index is -1.39. The molecule has 0 bridgehead atoms. The highest BCUT2D eigenvalue weighted by molar-refractivity contribution is 5.27. The van der Waals surface area contributed by atoms with E-state index in [1.807, 2.05) is 0 Å². The summed E-state index contributed by atoms with van der Waals surface area (Å²) < 4.78 is 12.2. The summed E-state index contributed by atoms with van der Waals surface area (Å²) in [6.07, 6.45) is 5.86. The maximum Gasteiger partial charge on any atom is 0.186 e. The molecule has 0 unspecified atom stereocenters. The molecule has 5 N–H and O–H groups in total. The normalized spacial score (nSPS) is 50.7. The molecular weight excluding hydrogens is 508 g/mol. The third-order valence-electron chi connectivity index (χ3n) is 12.3. The van der Waals surface area contributed by atoms with E-state index in [4.69, 9.17) is 9.47 Å².